The van der Waals surface area contributed by atoms with Crippen molar-refractivity contribution < 1.29 is 14.9 Å². The fraction of sp³-hybridized carbons (Fsp3) is 0.583. The molecular formula is C12H18ClN5O4. The maximum Gasteiger partial charge on any atom is 0.366 e. The second kappa shape index (κ2) is 7.53. The molecule has 1 unspecified atom stereocenters. The van der Waals surface area contributed by atoms with E-state index in [1.54, 1.807) is 0 Å². The van der Waals surface area contributed by atoms with Gasteiger partial charge in [-0.1, -0.05) is 5.92 Å². The SMILES string of the molecule is CO[C@H]([C@H](C)O)[C@H](O)C(N)(C#CCl)Cn1ncc(N)nc1=O. The molecular weight excluding hydrogens is 314 g/mol. The topological polar surface area (TPSA) is 150 Å². The maximum absolute atomic E-state index is 11.7. The first-order chi connectivity index (χ1) is 10.2. The number of anilines is 1. The molecule has 0 amide bonds. The first-order valence-corrected chi connectivity index (χ1v) is 6.63. The van der Waals surface area contributed by atoms with Crippen molar-refractivity contribution in [2.75, 3.05) is 12.8 Å². The van der Waals surface area contributed by atoms with Crippen LogP contribution in [0.15, 0.2) is 11.0 Å². The average molecular weight is 332 g/mol. The Morgan fingerprint density at radius 3 is 2.68 bits per heavy atom. The zero-order valence-electron chi connectivity index (χ0n) is 12.1. The summed E-state index contributed by atoms with van der Waals surface area (Å²) in [5.41, 5.74) is 8.94. The summed E-state index contributed by atoms with van der Waals surface area (Å²) in [6.45, 7) is 1.09. The van der Waals surface area contributed by atoms with Gasteiger partial charge in [0.15, 0.2) is 0 Å². The van der Waals surface area contributed by atoms with Gasteiger partial charge in [0.2, 0.25) is 0 Å². The first kappa shape index (κ1) is 18.3. The van der Waals surface area contributed by atoms with Gasteiger partial charge in [-0.25, -0.2) is 9.48 Å². The summed E-state index contributed by atoms with van der Waals surface area (Å²) in [5.74, 6) is 2.36. The predicted molar refractivity (Wildman–Crippen MR) is 79.7 cm³/mol. The zero-order valence-corrected chi connectivity index (χ0v) is 12.9. The normalized spacial score (nSPS) is 17.7. The van der Waals surface area contributed by atoms with Gasteiger partial charge in [-0.3, -0.25) is 0 Å². The summed E-state index contributed by atoms with van der Waals surface area (Å²) in [6, 6.07) is 0. The van der Waals surface area contributed by atoms with Crippen molar-refractivity contribution in [3.05, 3.63) is 16.7 Å². The van der Waals surface area contributed by atoms with Gasteiger partial charge in [0.25, 0.3) is 0 Å². The smallest absolute Gasteiger partial charge is 0.366 e. The van der Waals surface area contributed by atoms with Crippen LogP contribution >= 0.6 is 11.6 Å². The number of methoxy groups -OCH3 is 1. The molecule has 9 nitrogen and oxygen atoms in total. The van der Waals surface area contributed by atoms with Crippen LogP contribution in [0.2, 0.25) is 0 Å². The highest BCUT2D eigenvalue weighted by Crippen LogP contribution is 2.17. The number of rotatable bonds is 6. The van der Waals surface area contributed by atoms with Crippen LogP contribution in [-0.2, 0) is 11.3 Å². The number of aliphatic hydroxyl groups excluding tert-OH is 2. The summed E-state index contributed by atoms with van der Waals surface area (Å²) in [4.78, 5) is 15.2. The Bertz CT molecular complexity index is 626. The minimum Gasteiger partial charge on any atom is -0.391 e. The molecule has 0 aliphatic carbocycles. The highest BCUT2D eigenvalue weighted by Gasteiger charge is 2.41. The third-order valence-corrected chi connectivity index (χ3v) is 3.15. The van der Waals surface area contributed by atoms with E-state index in [-0.39, 0.29) is 12.4 Å². The Morgan fingerprint density at radius 1 is 1.59 bits per heavy atom. The monoisotopic (exact) mass is 331 g/mol. The van der Waals surface area contributed by atoms with E-state index < -0.39 is 29.5 Å². The molecule has 6 N–H and O–H groups in total. The molecule has 22 heavy (non-hydrogen) atoms. The molecule has 1 aromatic heterocycles. The number of nitrogen functional groups attached to an aromatic ring is 1. The summed E-state index contributed by atoms with van der Waals surface area (Å²) in [7, 11) is 1.30. The third-order valence-electron chi connectivity index (χ3n) is 3.05. The van der Waals surface area contributed by atoms with Gasteiger partial charge in [0.1, 0.15) is 23.6 Å². The van der Waals surface area contributed by atoms with Crippen LogP contribution in [-0.4, -0.2) is 55.9 Å². The Labute approximate surface area is 131 Å². The van der Waals surface area contributed by atoms with Gasteiger partial charge in [-0.05, 0) is 18.5 Å². The van der Waals surface area contributed by atoms with E-state index in [9.17, 15) is 15.0 Å². The molecule has 1 aromatic rings. The number of nitrogens with zero attached hydrogens (tertiary/aromatic N) is 3. The molecule has 0 aromatic carbocycles. The van der Waals surface area contributed by atoms with Crippen molar-refractivity contribution in [1.82, 2.24) is 14.8 Å². The predicted octanol–water partition coefficient (Wildman–Crippen LogP) is -2.13. The van der Waals surface area contributed by atoms with E-state index in [0.717, 1.165) is 10.9 Å². The Kier molecular flexibility index (Phi) is 6.28. The third kappa shape index (κ3) is 4.16. The molecule has 0 bridgehead atoms. The van der Waals surface area contributed by atoms with Crippen LogP contribution < -0.4 is 17.2 Å². The van der Waals surface area contributed by atoms with Crippen molar-refractivity contribution in [2.45, 2.75) is 37.3 Å². The molecule has 0 fully saturated rings. The van der Waals surface area contributed by atoms with Gasteiger partial charge >= 0.3 is 5.69 Å². The van der Waals surface area contributed by atoms with Crippen LogP contribution in [0.25, 0.3) is 0 Å². The molecule has 1 heterocycles. The first-order valence-electron chi connectivity index (χ1n) is 6.25. The molecule has 0 saturated carbocycles. The summed E-state index contributed by atoms with van der Waals surface area (Å²) >= 11 is 5.39. The second-order valence-electron chi connectivity index (χ2n) is 4.77. The largest absolute Gasteiger partial charge is 0.391 e. The molecule has 10 heteroatoms. The van der Waals surface area contributed by atoms with Gasteiger partial charge in [-0.2, -0.15) is 10.1 Å². The van der Waals surface area contributed by atoms with Crippen LogP contribution in [0.3, 0.4) is 0 Å². The number of aliphatic hydroxyl groups is 2. The second-order valence-corrected chi connectivity index (χ2v) is 4.96. The summed E-state index contributed by atoms with van der Waals surface area (Å²) in [5, 5.41) is 25.9. The van der Waals surface area contributed by atoms with Crippen molar-refractivity contribution in [3.63, 3.8) is 0 Å². The minimum atomic E-state index is -1.70. The number of aromatic nitrogens is 3. The van der Waals surface area contributed by atoms with E-state index in [1.165, 1.54) is 14.0 Å². The van der Waals surface area contributed by atoms with Gasteiger partial charge in [0, 0.05) is 12.5 Å². The van der Waals surface area contributed by atoms with Crippen LogP contribution in [0.1, 0.15) is 6.92 Å². The number of halogens is 1. The molecule has 0 radical (unpaired) electrons. The number of ether oxygens (including phenoxy) is 1. The fourth-order valence-electron chi connectivity index (χ4n) is 1.91. The Morgan fingerprint density at radius 2 is 2.23 bits per heavy atom. The van der Waals surface area contributed by atoms with Crippen molar-refractivity contribution >= 4 is 17.4 Å². The van der Waals surface area contributed by atoms with Crippen LogP contribution in [0.4, 0.5) is 5.82 Å². The minimum absolute atomic E-state index is 0.0494. The fourth-order valence-corrected chi connectivity index (χ4v) is 2.09. The van der Waals surface area contributed by atoms with Gasteiger partial charge in [-0.15, -0.1) is 0 Å². The summed E-state index contributed by atoms with van der Waals surface area (Å²) in [6.07, 6.45) is -2.37. The van der Waals surface area contributed by atoms with E-state index >= 15 is 0 Å². The Hall–Kier alpha value is -1.70. The number of nitrogens with two attached hydrogens (primary N) is 2. The molecule has 0 aliphatic rings. The van der Waals surface area contributed by atoms with Crippen molar-refractivity contribution in [3.8, 4) is 11.3 Å². The summed E-state index contributed by atoms with van der Waals surface area (Å²) < 4.78 is 5.90. The lowest BCUT2D eigenvalue weighted by molar-refractivity contribution is -0.0947. The standard InChI is InChI=1S/C12H18ClN5O4/c1-7(19)9(22-2)10(20)12(15,3-4-13)6-18-11(21)17-8(14)5-16-18/h5,7,9-10,19-20H,6,15H2,1-2H3,(H2,14,17,21)/t7-,9+,10-,12?/m0/s1. The number of hydrogen-bond acceptors (Lipinski definition) is 8. The van der Waals surface area contributed by atoms with Crippen LogP contribution in [0.5, 0.6) is 0 Å². The molecule has 0 saturated heterocycles. The molecule has 4 atom stereocenters. The quantitative estimate of drug-likeness (QED) is 0.432. The lowest BCUT2D eigenvalue weighted by Crippen LogP contribution is -2.61. The Balaban J connectivity index is 3.19. The highest BCUT2D eigenvalue weighted by molar-refractivity contribution is 6.30. The lowest BCUT2D eigenvalue weighted by atomic mass is 9.88. The average Bonchev–Trinajstić information content (AvgIpc) is 2.42. The van der Waals surface area contributed by atoms with E-state index in [4.69, 9.17) is 27.8 Å². The van der Waals surface area contributed by atoms with Crippen molar-refractivity contribution in [1.29, 1.82) is 0 Å². The molecule has 1 rings (SSSR count). The lowest BCUT2D eigenvalue weighted by Gasteiger charge is -2.35. The zero-order chi connectivity index (χ0) is 16.9. The molecule has 0 aliphatic heterocycles. The number of hydrogen-bond donors (Lipinski definition) is 4. The van der Waals surface area contributed by atoms with E-state index in [0.29, 0.717) is 0 Å². The highest BCUT2D eigenvalue weighted by atomic mass is 35.5. The van der Waals surface area contributed by atoms with Gasteiger partial charge in [0.05, 0.1) is 18.8 Å². The van der Waals surface area contributed by atoms with Crippen molar-refractivity contribution in [2.24, 2.45) is 5.73 Å². The molecule has 0 spiro atoms. The molecule has 122 valence electrons. The van der Waals surface area contributed by atoms with E-state index in [2.05, 4.69) is 21.4 Å². The van der Waals surface area contributed by atoms with E-state index in [1.807, 2.05) is 0 Å². The maximum atomic E-state index is 11.7. The van der Waals surface area contributed by atoms with Crippen LogP contribution in [0, 0.1) is 11.3 Å². The van der Waals surface area contributed by atoms with Gasteiger partial charge < -0.3 is 26.4 Å².